The summed E-state index contributed by atoms with van der Waals surface area (Å²) < 4.78 is 5.83. The van der Waals surface area contributed by atoms with Gasteiger partial charge in [0.2, 0.25) is 5.91 Å². The van der Waals surface area contributed by atoms with E-state index in [9.17, 15) is 14.9 Å². The molecule has 114 valence electrons. The largest absolute Gasteiger partial charge is 0.381 e. The molecular formula is C13H16BrN3O4. The highest BCUT2D eigenvalue weighted by molar-refractivity contribution is 9.10. The molecule has 1 heterocycles. The Morgan fingerprint density at radius 3 is 2.71 bits per heavy atom. The molecule has 0 bridgehead atoms. The van der Waals surface area contributed by atoms with E-state index in [1.54, 1.807) is 6.07 Å². The number of nitro benzene ring substituents is 1. The first-order valence-corrected chi connectivity index (χ1v) is 7.31. The van der Waals surface area contributed by atoms with Crippen LogP contribution < -0.4 is 11.1 Å². The van der Waals surface area contributed by atoms with Gasteiger partial charge in [0.1, 0.15) is 5.69 Å². The van der Waals surface area contributed by atoms with Gasteiger partial charge < -0.3 is 15.8 Å². The smallest absolute Gasteiger partial charge is 0.293 e. The van der Waals surface area contributed by atoms with Gasteiger partial charge in [-0.05, 0) is 25.0 Å². The molecule has 0 atom stereocenters. The first-order chi connectivity index (χ1) is 9.98. The molecule has 8 heteroatoms. The molecule has 1 aliphatic heterocycles. The third-order valence-corrected chi connectivity index (χ3v) is 4.22. The number of nitro groups is 1. The quantitative estimate of drug-likeness (QED) is 0.633. The Bertz CT molecular complexity index is 558. The van der Waals surface area contributed by atoms with Crippen LogP contribution in [0.2, 0.25) is 0 Å². The van der Waals surface area contributed by atoms with E-state index in [1.165, 1.54) is 12.1 Å². The van der Waals surface area contributed by atoms with Crippen molar-refractivity contribution in [3.63, 3.8) is 0 Å². The number of carbonyl (C=O) groups is 1. The van der Waals surface area contributed by atoms with Crippen molar-refractivity contribution in [2.45, 2.75) is 12.8 Å². The monoisotopic (exact) mass is 357 g/mol. The molecule has 0 aliphatic carbocycles. The minimum Gasteiger partial charge on any atom is -0.381 e. The lowest BCUT2D eigenvalue weighted by atomic mass is 9.79. The van der Waals surface area contributed by atoms with E-state index in [2.05, 4.69) is 21.2 Å². The second-order valence-electron chi connectivity index (χ2n) is 4.97. The molecule has 1 fully saturated rings. The second-order valence-corrected chi connectivity index (χ2v) is 5.89. The molecule has 1 amide bonds. The van der Waals surface area contributed by atoms with Gasteiger partial charge in [0, 0.05) is 30.3 Å². The molecule has 21 heavy (non-hydrogen) atoms. The first-order valence-electron chi connectivity index (χ1n) is 6.52. The minimum absolute atomic E-state index is 0.156. The maximum Gasteiger partial charge on any atom is 0.293 e. The summed E-state index contributed by atoms with van der Waals surface area (Å²) in [6.45, 7) is 1.12. The molecule has 3 N–H and O–H groups in total. The average molecular weight is 358 g/mol. The SMILES string of the molecule is NCC1(C(=O)Nc2ccc(Br)cc2[N+](=O)[O-])CCOCC1. The number of nitrogens with zero attached hydrogens (tertiary/aromatic N) is 1. The van der Waals surface area contributed by atoms with Crippen LogP contribution in [-0.4, -0.2) is 30.6 Å². The molecule has 1 aliphatic rings. The summed E-state index contributed by atoms with van der Waals surface area (Å²) in [6, 6.07) is 4.50. The molecule has 1 aromatic carbocycles. The normalized spacial score (nSPS) is 17.2. The molecule has 7 nitrogen and oxygen atoms in total. The van der Waals surface area contributed by atoms with Crippen LogP contribution in [0.15, 0.2) is 22.7 Å². The number of hydrogen-bond donors (Lipinski definition) is 2. The molecule has 0 saturated carbocycles. The highest BCUT2D eigenvalue weighted by Crippen LogP contribution is 2.33. The minimum atomic E-state index is -0.723. The van der Waals surface area contributed by atoms with Crippen LogP contribution in [0.4, 0.5) is 11.4 Å². The summed E-state index contributed by atoms with van der Waals surface area (Å²) in [5, 5.41) is 13.7. The third-order valence-electron chi connectivity index (χ3n) is 3.73. The summed E-state index contributed by atoms with van der Waals surface area (Å²) >= 11 is 3.18. The highest BCUT2D eigenvalue weighted by atomic mass is 79.9. The van der Waals surface area contributed by atoms with Gasteiger partial charge in [0.25, 0.3) is 5.69 Å². The fraction of sp³-hybridized carbons (Fsp3) is 0.462. The van der Waals surface area contributed by atoms with E-state index in [-0.39, 0.29) is 23.8 Å². The summed E-state index contributed by atoms with van der Waals surface area (Å²) in [5.41, 5.74) is 5.05. The maximum atomic E-state index is 12.5. The Morgan fingerprint density at radius 2 is 2.14 bits per heavy atom. The van der Waals surface area contributed by atoms with E-state index in [0.29, 0.717) is 30.5 Å². The summed E-state index contributed by atoms with van der Waals surface area (Å²) in [4.78, 5) is 23.0. The fourth-order valence-corrected chi connectivity index (χ4v) is 2.65. The van der Waals surface area contributed by atoms with Crippen molar-refractivity contribution in [2.75, 3.05) is 25.1 Å². The zero-order valence-corrected chi connectivity index (χ0v) is 12.9. The van der Waals surface area contributed by atoms with Crippen LogP contribution in [0.1, 0.15) is 12.8 Å². The Morgan fingerprint density at radius 1 is 1.48 bits per heavy atom. The molecule has 1 aromatic rings. The number of benzene rings is 1. The number of anilines is 1. The number of hydrogen-bond acceptors (Lipinski definition) is 5. The number of nitrogens with two attached hydrogens (primary N) is 1. The Kier molecular flexibility index (Phi) is 4.92. The first kappa shape index (κ1) is 15.9. The number of ether oxygens (including phenoxy) is 1. The highest BCUT2D eigenvalue weighted by Gasteiger charge is 2.39. The molecule has 2 rings (SSSR count). The van der Waals surface area contributed by atoms with Crippen molar-refractivity contribution in [3.8, 4) is 0 Å². The maximum absolute atomic E-state index is 12.5. The van der Waals surface area contributed by atoms with Gasteiger partial charge in [-0.15, -0.1) is 0 Å². The topological polar surface area (TPSA) is 107 Å². The van der Waals surface area contributed by atoms with Gasteiger partial charge in [-0.3, -0.25) is 14.9 Å². The van der Waals surface area contributed by atoms with Crippen molar-refractivity contribution in [3.05, 3.63) is 32.8 Å². The van der Waals surface area contributed by atoms with Crippen LogP contribution in [0.25, 0.3) is 0 Å². The van der Waals surface area contributed by atoms with E-state index >= 15 is 0 Å². The van der Waals surface area contributed by atoms with E-state index < -0.39 is 10.3 Å². The number of rotatable bonds is 4. The second kappa shape index (κ2) is 6.50. The van der Waals surface area contributed by atoms with Crippen LogP contribution in [0.5, 0.6) is 0 Å². The van der Waals surface area contributed by atoms with Crippen molar-refractivity contribution in [2.24, 2.45) is 11.1 Å². The van der Waals surface area contributed by atoms with E-state index in [0.717, 1.165) is 0 Å². The van der Waals surface area contributed by atoms with Crippen LogP contribution in [-0.2, 0) is 9.53 Å². The number of halogens is 1. The average Bonchev–Trinajstić information content (AvgIpc) is 2.49. The number of nitrogens with one attached hydrogen (secondary N) is 1. The van der Waals surface area contributed by atoms with Crippen LogP contribution in [0.3, 0.4) is 0 Å². The Labute approximate surface area is 130 Å². The van der Waals surface area contributed by atoms with Gasteiger partial charge in [0.15, 0.2) is 0 Å². The molecule has 0 aromatic heterocycles. The van der Waals surface area contributed by atoms with Crippen LogP contribution in [0, 0.1) is 15.5 Å². The van der Waals surface area contributed by atoms with Crippen molar-refractivity contribution in [1.29, 1.82) is 0 Å². The Hall–Kier alpha value is -1.51. The van der Waals surface area contributed by atoms with Gasteiger partial charge >= 0.3 is 0 Å². The van der Waals surface area contributed by atoms with Gasteiger partial charge in [-0.25, -0.2) is 0 Å². The molecule has 0 unspecified atom stereocenters. The van der Waals surface area contributed by atoms with E-state index in [4.69, 9.17) is 10.5 Å². The standard InChI is InChI=1S/C13H16BrN3O4/c14-9-1-2-10(11(7-9)17(19)20)16-12(18)13(8-15)3-5-21-6-4-13/h1-2,7H,3-6,8,15H2,(H,16,18). The predicted octanol–water partition coefficient (Wildman–Crippen LogP) is 2.05. The number of amides is 1. The van der Waals surface area contributed by atoms with E-state index in [1.807, 2.05) is 0 Å². The van der Waals surface area contributed by atoms with Gasteiger partial charge in [0.05, 0.1) is 10.3 Å². The molecule has 0 radical (unpaired) electrons. The van der Waals surface area contributed by atoms with Crippen molar-refractivity contribution in [1.82, 2.24) is 0 Å². The lowest BCUT2D eigenvalue weighted by Crippen LogP contribution is -2.46. The zero-order valence-electron chi connectivity index (χ0n) is 11.3. The Balaban J connectivity index is 2.24. The predicted molar refractivity (Wildman–Crippen MR) is 81.0 cm³/mol. The fourth-order valence-electron chi connectivity index (χ4n) is 2.30. The lowest BCUT2D eigenvalue weighted by molar-refractivity contribution is -0.384. The lowest BCUT2D eigenvalue weighted by Gasteiger charge is -2.34. The molecule has 1 saturated heterocycles. The van der Waals surface area contributed by atoms with Crippen molar-refractivity contribution < 1.29 is 14.5 Å². The summed E-state index contributed by atoms with van der Waals surface area (Å²) in [7, 11) is 0. The van der Waals surface area contributed by atoms with Crippen molar-refractivity contribution >= 4 is 33.2 Å². The third kappa shape index (κ3) is 3.39. The van der Waals surface area contributed by atoms with Crippen LogP contribution >= 0.6 is 15.9 Å². The molecule has 0 spiro atoms. The number of carbonyl (C=O) groups excluding carboxylic acids is 1. The van der Waals surface area contributed by atoms with Gasteiger partial charge in [-0.1, -0.05) is 15.9 Å². The van der Waals surface area contributed by atoms with Gasteiger partial charge in [-0.2, -0.15) is 0 Å². The summed E-state index contributed by atoms with van der Waals surface area (Å²) in [6.07, 6.45) is 1.03. The zero-order chi connectivity index (χ0) is 15.5. The summed E-state index contributed by atoms with van der Waals surface area (Å²) in [5.74, 6) is -0.293. The molecular weight excluding hydrogens is 342 g/mol.